The number of nitrogen functional groups attached to an aromatic ring is 1. The van der Waals surface area contributed by atoms with Crippen molar-refractivity contribution < 1.29 is 12.9 Å². The summed E-state index contributed by atoms with van der Waals surface area (Å²) in [5, 5.41) is 3.66. The van der Waals surface area contributed by atoms with Gasteiger partial charge in [0.25, 0.3) is 0 Å². The van der Waals surface area contributed by atoms with Crippen LogP contribution in [-0.4, -0.2) is 54.0 Å². The van der Waals surface area contributed by atoms with E-state index in [2.05, 4.69) is 19.6 Å². The molecule has 1 fully saturated rings. The van der Waals surface area contributed by atoms with Crippen molar-refractivity contribution in [3.8, 4) is 0 Å². The van der Waals surface area contributed by atoms with Crippen LogP contribution in [0.25, 0.3) is 0 Å². The molecule has 124 valence electrons. The Kier molecular flexibility index (Phi) is 4.18. The van der Waals surface area contributed by atoms with E-state index in [1.54, 1.807) is 6.07 Å². The van der Waals surface area contributed by atoms with Gasteiger partial charge >= 0.3 is 0 Å². The van der Waals surface area contributed by atoms with E-state index < -0.39 is 10.0 Å². The molecule has 0 amide bonds. The predicted molar refractivity (Wildman–Crippen MR) is 84.1 cm³/mol. The van der Waals surface area contributed by atoms with Crippen molar-refractivity contribution in [2.45, 2.75) is 12.7 Å². The first-order valence-corrected chi connectivity index (χ1v) is 8.78. The Labute approximate surface area is 134 Å². The highest BCUT2D eigenvalue weighted by molar-refractivity contribution is 7.88. The van der Waals surface area contributed by atoms with Gasteiger partial charge in [0.2, 0.25) is 16.0 Å². The number of rotatable bonds is 4. The molecule has 23 heavy (non-hydrogen) atoms. The Morgan fingerprint density at radius 2 is 2.00 bits per heavy atom. The van der Waals surface area contributed by atoms with E-state index in [9.17, 15) is 8.42 Å². The minimum absolute atomic E-state index is 0.150. The topological polar surface area (TPSA) is 118 Å². The summed E-state index contributed by atoms with van der Waals surface area (Å²) >= 11 is 0. The van der Waals surface area contributed by atoms with Gasteiger partial charge in [-0.1, -0.05) is 5.16 Å². The molecule has 0 atom stereocenters. The summed E-state index contributed by atoms with van der Waals surface area (Å²) in [4.78, 5) is 10.3. The highest BCUT2D eigenvalue weighted by Gasteiger charge is 2.28. The zero-order valence-electron chi connectivity index (χ0n) is 12.7. The van der Waals surface area contributed by atoms with Crippen LogP contribution < -0.4 is 10.6 Å². The summed E-state index contributed by atoms with van der Waals surface area (Å²) in [7, 11) is -3.40. The molecule has 0 aromatic carbocycles. The lowest BCUT2D eigenvalue weighted by Crippen LogP contribution is -2.49. The third-order valence-electron chi connectivity index (χ3n) is 3.64. The van der Waals surface area contributed by atoms with Crippen molar-refractivity contribution in [1.29, 1.82) is 0 Å². The Balaban J connectivity index is 1.66. The predicted octanol–water partition coefficient (Wildman–Crippen LogP) is 0.00722. The molecule has 10 heteroatoms. The van der Waals surface area contributed by atoms with Gasteiger partial charge in [-0.25, -0.2) is 13.4 Å². The van der Waals surface area contributed by atoms with E-state index >= 15 is 0 Å². The maximum atomic E-state index is 12.4. The second-order valence-corrected chi connectivity index (χ2v) is 7.33. The molecular weight excluding hydrogens is 320 g/mol. The molecule has 0 aliphatic carbocycles. The van der Waals surface area contributed by atoms with Gasteiger partial charge in [0.05, 0.1) is 5.69 Å². The first-order chi connectivity index (χ1) is 10.9. The lowest BCUT2D eigenvalue weighted by molar-refractivity contribution is 0.380. The van der Waals surface area contributed by atoms with Gasteiger partial charge in [-0.05, 0) is 6.92 Å². The highest BCUT2D eigenvalue weighted by Crippen LogP contribution is 2.18. The summed E-state index contributed by atoms with van der Waals surface area (Å²) in [5.74, 6) is 0.799. The Bertz CT molecular complexity index is 749. The number of anilines is 2. The van der Waals surface area contributed by atoms with Gasteiger partial charge in [-0.2, -0.15) is 9.29 Å². The molecule has 0 radical (unpaired) electrons. The normalized spacial score (nSPS) is 16.7. The summed E-state index contributed by atoms with van der Waals surface area (Å²) in [6.07, 6.45) is 1.37. The van der Waals surface area contributed by atoms with E-state index in [1.807, 2.05) is 17.9 Å². The van der Waals surface area contributed by atoms with Crippen molar-refractivity contribution in [3.05, 3.63) is 29.8 Å². The summed E-state index contributed by atoms with van der Waals surface area (Å²) in [6, 6.07) is 3.40. The van der Waals surface area contributed by atoms with E-state index in [1.165, 1.54) is 10.6 Å². The molecule has 2 aromatic heterocycles. The molecule has 9 nitrogen and oxygen atoms in total. The molecule has 1 saturated heterocycles. The molecule has 2 N–H and O–H groups in total. The lowest BCUT2D eigenvalue weighted by atomic mass is 10.3. The summed E-state index contributed by atoms with van der Waals surface area (Å²) in [6.45, 7) is 3.73. The summed E-state index contributed by atoms with van der Waals surface area (Å²) in [5.41, 5.74) is 6.86. The maximum absolute atomic E-state index is 12.4. The number of aromatic nitrogens is 3. The van der Waals surface area contributed by atoms with Crippen LogP contribution in [-0.2, 0) is 15.8 Å². The number of nitrogens with zero attached hydrogens (tertiary/aromatic N) is 5. The van der Waals surface area contributed by atoms with Gasteiger partial charge in [-0.3, -0.25) is 0 Å². The van der Waals surface area contributed by atoms with E-state index in [4.69, 9.17) is 5.73 Å². The Morgan fingerprint density at radius 1 is 1.26 bits per heavy atom. The van der Waals surface area contributed by atoms with Gasteiger partial charge in [0, 0.05) is 44.0 Å². The summed E-state index contributed by atoms with van der Waals surface area (Å²) < 4.78 is 30.9. The minimum Gasteiger partial charge on any atom is -0.368 e. The number of aryl methyl sites for hydroxylation is 1. The van der Waals surface area contributed by atoms with E-state index in [-0.39, 0.29) is 11.7 Å². The third kappa shape index (κ3) is 3.59. The fourth-order valence-corrected chi connectivity index (χ4v) is 3.95. The van der Waals surface area contributed by atoms with Crippen molar-refractivity contribution >= 4 is 21.8 Å². The molecule has 1 aliphatic heterocycles. The average molecular weight is 338 g/mol. The molecule has 2 aromatic rings. The molecule has 3 heterocycles. The molecule has 1 aliphatic rings. The molecule has 0 unspecified atom stereocenters. The van der Waals surface area contributed by atoms with Crippen LogP contribution in [0.2, 0.25) is 0 Å². The second kappa shape index (κ2) is 6.13. The largest absolute Gasteiger partial charge is 0.368 e. The third-order valence-corrected chi connectivity index (χ3v) is 5.45. The fourth-order valence-electron chi connectivity index (χ4n) is 2.52. The van der Waals surface area contributed by atoms with Gasteiger partial charge in [0.1, 0.15) is 17.8 Å². The quantitative estimate of drug-likeness (QED) is 0.828. The monoisotopic (exact) mass is 338 g/mol. The zero-order chi connectivity index (χ0) is 16.4. The van der Waals surface area contributed by atoms with Crippen molar-refractivity contribution in [3.63, 3.8) is 0 Å². The van der Waals surface area contributed by atoms with Crippen LogP contribution in [0, 0.1) is 6.92 Å². The molecule has 0 bridgehead atoms. The lowest BCUT2D eigenvalue weighted by Gasteiger charge is -2.34. The maximum Gasteiger partial charge on any atom is 0.222 e. The van der Waals surface area contributed by atoms with E-state index in [0.29, 0.717) is 31.9 Å². The molecule has 3 rings (SSSR count). The van der Waals surface area contributed by atoms with E-state index in [0.717, 1.165) is 11.5 Å². The first kappa shape index (κ1) is 15.7. The molecule has 0 spiro atoms. The van der Waals surface area contributed by atoms with Crippen LogP contribution in [0.5, 0.6) is 0 Å². The fraction of sp³-hybridized carbons (Fsp3) is 0.462. The molecule has 0 saturated carbocycles. The number of nitrogens with two attached hydrogens (primary N) is 1. The van der Waals surface area contributed by atoms with Crippen molar-refractivity contribution in [2.75, 3.05) is 36.8 Å². The second-order valence-electron chi connectivity index (χ2n) is 5.36. The SMILES string of the molecule is Cc1cc(N2CCN(S(=O)(=O)Cc3ccon3)CC2)nc(N)n1. The van der Waals surface area contributed by atoms with Crippen LogP contribution in [0.4, 0.5) is 11.8 Å². The smallest absolute Gasteiger partial charge is 0.222 e. The van der Waals surface area contributed by atoms with Crippen molar-refractivity contribution in [1.82, 2.24) is 19.4 Å². The van der Waals surface area contributed by atoms with Crippen molar-refractivity contribution in [2.24, 2.45) is 0 Å². The molecular formula is C13H18N6O3S. The number of hydrogen-bond acceptors (Lipinski definition) is 8. The van der Waals surface area contributed by atoms with Crippen LogP contribution >= 0.6 is 0 Å². The average Bonchev–Trinajstić information content (AvgIpc) is 2.98. The minimum atomic E-state index is -3.40. The highest BCUT2D eigenvalue weighted by atomic mass is 32.2. The standard InChI is InChI=1S/C13H18N6O3S/c1-10-8-12(16-13(14)15-10)18-3-5-19(6-4-18)23(20,21)9-11-2-7-22-17-11/h2,7-8H,3-6,9H2,1H3,(H2,14,15,16). The number of piperazine rings is 1. The number of sulfonamides is 1. The Hall–Kier alpha value is -2.20. The van der Waals surface area contributed by atoms with Crippen LogP contribution in [0.15, 0.2) is 22.9 Å². The van der Waals surface area contributed by atoms with Crippen LogP contribution in [0.3, 0.4) is 0 Å². The Morgan fingerprint density at radius 3 is 2.61 bits per heavy atom. The zero-order valence-corrected chi connectivity index (χ0v) is 13.5. The van der Waals surface area contributed by atoms with Crippen LogP contribution in [0.1, 0.15) is 11.4 Å². The van der Waals surface area contributed by atoms with Gasteiger partial charge in [-0.15, -0.1) is 0 Å². The van der Waals surface area contributed by atoms with Gasteiger partial charge < -0.3 is 15.2 Å². The van der Waals surface area contributed by atoms with Gasteiger partial charge in [0.15, 0.2) is 0 Å². The first-order valence-electron chi connectivity index (χ1n) is 7.17. The number of hydrogen-bond donors (Lipinski definition) is 1.